The van der Waals surface area contributed by atoms with E-state index in [4.69, 9.17) is 8.37 Å². The fraction of sp³-hybridized carbons (Fsp3) is 0.364. The molecule has 2 rings (SSSR count). The van der Waals surface area contributed by atoms with Gasteiger partial charge in [-0.3, -0.25) is 8.37 Å². The maximum Gasteiger partial charge on any atom is 0.296 e. The summed E-state index contributed by atoms with van der Waals surface area (Å²) in [4.78, 5) is 0.313. The van der Waals surface area contributed by atoms with Crippen LogP contribution in [0.15, 0.2) is 70.5 Å². The second-order valence-corrected chi connectivity index (χ2v) is 10.2. The summed E-state index contributed by atoms with van der Waals surface area (Å²) in [5.41, 5.74) is 1.97. The summed E-state index contributed by atoms with van der Waals surface area (Å²) in [5, 5.41) is 0. The van der Waals surface area contributed by atoms with Crippen molar-refractivity contribution in [3.63, 3.8) is 0 Å². The lowest BCUT2D eigenvalue weighted by molar-refractivity contribution is 0.311. The molecule has 2 aromatic rings. The van der Waals surface area contributed by atoms with Gasteiger partial charge in [-0.15, -0.1) is 0 Å². The topological polar surface area (TPSA) is 86.7 Å². The Labute approximate surface area is 179 Å². The molecule has 0 aliphatic rings. The normalized spacial score (nSPS) is 12.5. The smallest absolute Gasteiger partial charge is 0.266 e. The number of benzene rings is 2. The molecule has 0 saturated heterocycles. The van der Waals surface area contributed by atoms with E-state index in [9.17, 15) is 16.8 Å². The summed E-state index contributed by atoms with van der Waals surface area (Å²) >= 11 is 0. The molecule has 8 heteroatoms. The van der Waals surface area contributed by atoms with Crippen molar-refractivity contribution < 1.29 is 25.2 Å². The van der Waals surface area contributed by atoms with Crippen LogP contribution in [0, 0.1) is 13.8 Å². The van der Waals surface area contributed by atoms with Gasteiger partial charge in [0.25, 0.3) is 20.2 Å². The van der Waals surface area contributed by atoms with Crippen LogP contribution in [-0.4, -0.2) is 30.0 Å². The first-order chi connectivity index (χ1) is 14.2. The summed E-state index contributed by atoms with van der Waals surface area (Å²) in [5.74, 6) is 0. The summed E-state index contributed by atoms with van der Waals surface area (Å²) < 4.78 is 58.3. The van der Waals surface area contributed by atoms with Crippen LogP contribution in [-0.2, 0) is 28.6 Å². The number of hydrogen-bond donors (Lipinski definition) is 0. The van der Waals surface area contributed by atoms with Gasteiger partial charge in [0.2, 0.25) is 0 Å². The summed E-state index contributed by atoms with van der Waals surface area (Å²) in [6.45, 7) is 3.99. The van der Waals surface area contributed by atoms with E-state index in [1.165, 1.54) is 24.3 Å². The van der Waals surface area contributed by atoms with Crippen LogP contribution < -0.4 is 0 Å². The summed E-state index contributed by atoms with van der Waals surface area (Å²) in [7, 11) is -7.44. The largest absolute Gasteiger partial charge is 0.296 e. The highest BCUT2D eigenvalue weighted by molar-refractivity contribution is 7.87. The summed E-state index contributed by atoms with van der Waals surface area (Å²) in [6.07, 6.45) is 6.34. The molecule has 2 aromatic carbocycles. The molecule has 0 aliphatic carbocycles. The van der Waals surface area contributed by atoms with E-state index < -0.39 is 20.2 Å². The molecule has 0 aromatic heterocycles. The third-order valence-electron chi connectivity index (χ3n) is 4.29. The van der Waals surface area contributed by atoms with E-state index in [0.29, 0.717) is 25.7 Å². The second-order valence-electron chi connectivity index (χ2n) is 6.93. The Balaban J connectivity index is 1.60. The lowest BCUT2D eigenvalue weighted by Gasteiger charge is -2.05. The first-order valence-electron chi connectivity index (χ1n) is 9.78. The molecule has 6 nitrogen and oxygen atoms in total. The molecule has 0 fully saturated rings. The number of rotatable bonds is 12. The highest BCUT2D eigenvalue weighted by Crippen LogP contribution is 2.15. The maximum absolute atomic E-state index is 12.0. The van der Waals surface area contributed by atoms with Crippen molar-refractivity contribution in [2.75, 3.05) is 13.2 Å². The van der Waals surface area contributed by atoms with Gasteiger partial charge in [-0.2, -0.15) is 16.8 Å². The van der Waals surface area contributed by atoms with Gasteiger partial charge in [-0.25, -0.2) is 0 Å². The van der Waals surface area contributed by atoms with Gasteiger partial charge in [0.15, 0.2) is 0 Å². The molecule has 0 spiro atoms. The highest BCUT2D eigenvalue weighted by atomic mass is 32.2. The van der Waals surface area contributed by atoms with Gasteiger partial charge in [0.05, 0.1) is 23.0 Å². The van der Waals surface area contributed by atoms with Crippen LogP contribution in [0.25, 0.3) is 0 Å². The third-order valence-corrected chi connectivity index (χ3v) is 6.95. The molecule has 0 heterocycles. The van der Waals surface area contributed by atoms with Crippen molar-refractivity contribution in [3.8, 4) is 0 Å². The van der Waals surface area contributed by atoms with E-state index in [2.05, 4.69) is 0 Å². The predicted molar refractivity (Wildman–Crippen MR) is 116 cm³/mol. The van der Waals surface area contributed by atoms with Crippen molar-refractivity contribution in [1.82, 2.24) is 0 Å². The van der Waals surface area contributed by atoms with E-state index in [1.54, 1.807) is 24.3 Å². The first-order valence-corrected chi connectivity index (χ1v) is 12.6. The first kappa shape index (κ1) is 24.3. The van der Waals surface area contributed by atoms with Gasteiger partial charge in [0, 0.05) is 0 Å². The Hall–Kier alpha value is -2.00. The van der Waals surface area contributed by atoms with Gasteiger partial charge < -0.3 is 0 Å². The molecular formula is C22H28O6S2. The van der Waals surface area contributed by atoms with Crippen LogP contribution in [0.1, 0.15) is 36.8 Å². The van der Waals surface area contributed by atoms with Crippen molar-refractivity contribution >= 4 is 20.2 Å². The molecule has 0 unspecified atom stereocenters. The van der Waals surface area contributed by atoms with Gasteiger partial charge in [0.1, 0.15) is 0 Å². The van der Waals surface area contributed by atoms with Crippen LogP contribution in [0.2, 0.25) is 0 Å². The van der Waals surface area contributed by atoms with Crippen molar-refractivity contribution in [3.05, 3.63) is 71.8 Å². The van der Waals surface area contributed by atoms with Gasteiger partial charge in [-0.05, 0) is 63.8 Å². The molecule has 0 bridgehead atoms. The fourth-order valence-corrected chi connectivity index (χ4v) is 4.41. The standard InChI is InChI=1S/C22H28O6S2/c1-19-9-13-21(14-10-19)29(23,24)27-17-7-5-3-4-6-8-18-28-30(25,26)22-15-11-20(2)12-16-22/h3-4,9-16H,5-8,17-18H2,1-2H3/b4-3-. The zero-order chi connectivity index (χ0) is 22.0. The van der Waals surface area contributed by atoms with E-state index in [-0.39, 0.29) is 23.0 Å². The minimum absolute atomic E-state index is 0.110. The molecule has 0 radical (unpaired) electrons. The van der Waals surface area contributed by atoms with Crippen LogP contribution in [0.4, 0.5) is 0 Å². The molecule has 0 aliphatic heterocycles. The van der Waals surface area contributed by atoms with Crippen molar-refractivity contribution in [2.24, 2.45) is 0 Å². The Morgan fingerprint density at radius 3 is 1.30 bits per heavy atom. The van der Waals surface area contributed by atoms with E-state index in [1.807, 2.05) is 26.0 Å². The third kappa shape index (κ3) is 8.02. The Morgan fingerprint density at radius 1 is 0.633 bits per heavy atom. The van der Waals surface area contributed by atoms with Crippen LogP contribution >= 0.6 is 0 Å². The Bertz CT molecular complexity index is 937. The molecule has 0 N–H and O–H groups in total. The SMILES string of the molecule is Cc1ccc(S(=O)(=O)OCCC/C=C\CCCOS(=O)(=O)c2ccc(C)cc2)cc1. The highest BCUT2D eigenvalue weighted by Gasteiger charge is 2.15. The zero-order valence-electron chi connectivity index (χ0n) is 17.3. The molecule has 30 heavy (non-hydrogen) atoms. The van der Waals surface area contributed by atoms with E-state index in [0.717, 1.165) is 11.1 Å². The van der Waals surface area contributed by atoms with E-state index >= 15 is 0 Å². The molecule has 0 amide bonds. The number of hydrogen-bond acceptors (Lipinski definition) is 6. The molecule has 0 atom stereocenters. The van der Waals surface area contributed by atoms with Gasteiger partial charge >= 0.3 is 0 Å². The average molecular weight is 453 g/mol. The number of aryl methyl sites for hydroxylation is 2. The monoisotopic (exact) mass is 452 g/mol. The predicted octanol–water partition coefficient (Wildman–Crippen LogP) is 4.53. The number of unbranched alkanes of at least 4 members (excludes halogenated alkanes) is 2. The number of allylic oxidation sites excluding steroid dienone is 2. The summed E-state index contributed by atoms with van der Waals surface area (Å²) in [6, 6.07) is 13.1. The molecular weight excluding hydrogens is 424 g/mol. The minimum atomic E-state index is -3.72. The second kappa shape index (κ2) is 11.4. The fourth-order valence-electron chi connectivity index (χ4n) is 2.52. The zero-order valence-corrected chi connectivity index (χ0v) is 18.9. The van der Waals surface area contributed by atoms with Crippen molar-refractivity contribution in [1.29, 1.82) is 0 Å². The average Bonchev–Trinajstić information content (AvgIpc) is 2.70. The molecule has 164 valence electrons. The maximum atomic E-state index is 12.0. The van der Waals surface area contributed by atoms with Gasteiger partial charge in [-0.1, -0.05) is 47.5 Å². The lowest BCUT2D eigenvalue weighted by Crippen LogP contribution is -2.07. The Kier molecular flexibility index (Phi) is 9.23. The minimum Gasteiger partial charge on any atom is -0.266 e. The Morgan fingerprint density at radius 2 is 0.967 bits per heavy atom. The van der Waals surface area contributed by atoms with Crippen LogP contribution in [0.5, 0.6) is 0 Å². The molecule has 0 saturated carbocycles. The van der Waals surface area contributed by atoms with Crippen molar-refractivity contribution in [2.45, 2.75) is 49.3 Å². The van der Waals surface area contributed by atoms with Crippen LogP contribution in [0.3, 0.4) is 0 Å². The quantitative estimate of drug-likeness (QED) is 0.267. The lowest BCUT2D eigenvalue weighted by atomic mass is 10.2.